The minimum atomic E-state index is -0.0997. The number of likely N-dealkylation sites (N-methyl/N-ethyl adjacent to an activating group) is 2. The van der Waals surface area contributed by atoms with Crippen molar-refractivity contribution in [2.45, 2.75) is 50.9 Å². The second-order valence-electron chi connectivity index (χ2n) is 9.22. The number of hydrogen-bond acceptors (Lipinski definition) is 2. The third-order valence-corrected chi connectivity index (χ3v) is 7.22. The van der Waals surface area contributed by atoms with Gasteiger partial charge in [-0.25, -0.2) is 0 Å². The van der Waals surface area contributed by atoms with E-state index in [4.69, 9.17) is 0 Å². The summed E-state index contributed by atoms with van der Waals surface area (Å²) in [6.45, 7) is 3.84. The number of benzene rings is 1. The first-order valence-electron chi connectivity index (χ1n) is 9.94. The van der Waals surface area contributed by atoms with Gasteiger partial charge in [0, 0.05) is 20.1 Å². The van der Waals surface area contributed by atoms with Crippen molar-refractivity contribution in [3.63, 3.8) is 0 Å². The molecule has 0 spiro atoms. The second kappa shape index (κ2) is 7.16. The molecule has 26 heavy (non-hydrogen) atoms. The molecule has 1 amide bonds. The number of halogens is 1. The van der Waals surface area contributed by atoms with Gasteiger partial charge in [-0.1, -0.05) is 29.8 Å². The van der Waals surface area contributed by atoms with E-state index in [1.54, 1.807) is 0 Å². The Labute approximate surface area is 164 Å². The van der Waals surface area contributed by atoms with E-state index < -0.39 is 0 Å². The Morgan fingerprint density at radius 1 is 1.15 bits per heavy atom. The van der Waals surface area contributed by atoms with Gasteiger partial charge < -0.3 is 10.2 Å². The monoisotopic (exact) mass is 376 g/mol. The molecular formula is C22H33ClN2O. The Hall–Kier alpha value is -1.06. The Morgan fingerprint density at radius 3 is 2.35 bits per heavy atom. The van der Waals surface area contributed by atoms with Crippen molar-refractivity contribution >= 4 is 18.3 Å². The summed E-state index contributed by atoms with van der Waals surface area (Å²) >= 11 is 0. The first-order chi connectivity index (χ1) is 12.0. The average molecular weight is 377 g/mol. The number of carbonyl (C=O) groups is 1. The van der Waals surface area contributed by atoms with Crippen molar-refractivity contribution in [1.29, 1.82) is 0 Å². The van der Waals surface area contributed by atoms with Crippen molar-refractivity contribution in [3.05, 3.63) is 35.4 Å². The van der Waals surface area contributed by atoms with Crippen molar-refractivity contribution in [1.82, 2.24) is 10.2 Å². The van der Waals surface area contributed by atoms with Crippen LogP contribution in [0.2, 0.25) is 0 Å². The van der Waals surface area contributed by atoms with E-state index in [0.29, 0.717) is 5.91 Å². The minimum absolute atomic E-state index is 0. The van der Waals surface area contributed by atoms with Gasteiger partial charge in [0.05, 0.1) is 5.41 Å². The van der Waals surface area contributed by atoms with Crippen molar-refractivity contribution in [2.24, 2.45) is 17.3 Å². The third kappa shape index (κ3) is 3.18. The lowest BCUT2D eigenvalue weighted by Crippen LogP contribution is -2.59. The molecule has 4 saturated carbocycles. The number of rotatable bonds is 5. The highest BCUT2D eigenvalue weighted by Gasteiger charge is 2.61. The van der Waals surface area contributed by atoms with Crippen molar-refractivity contribution in [2.75, 3.05) is 27.2 Å². The summed E-state index contributed by atoms with van der Waals surface area (Å²) in [6, 6.07) is 9.18. The molecule has 1 N–H and O–H groups in total. The molecule has 4 bridgehead atoms. The molecule has 0 heterocycles. The van der Waals surface area contributed by atoms with E-state index in [9.17, 15) is 4.79 Å². The van der Waals surface area contributed by atoms with Crippen LogP contribution in [0.15, 0.2) is 24.3 Å². The Balaban J connectivity index is 0.00000196. The maximum Gasteiger partial charge on any atom is 0.228 e. The Morgan fingerprint density at radius 2 is 1.77 bits per heavy atom. The third-order valence-electron chi connectivity index (χ3n) is 7.22. The van der Waals surface area contributed by atoms with Gasteiger partial charge >= 0.3 is 0 Å². The molecule has 1 aromatic carbocycles. The normalized spacial score (nSPS) is 34.4. The summed E-state index contributed by atoms with van der Waals surface area (Å²) in [6.07, 6.45) is 7.25. The molecule has 4 aliphatic rings. The Bertz CT molecular complexity index is 643. The van der Waals surface area contributed by atoms with Gasteiger partial charge in [0.15, 0.2) is 0 Å². The van der Waals surface area contributed by atoms with E-state index in [-0.39, 0.29) is 23.2 Å². The molecule has 4 fully saturated rings. The molecule has 1 aromatic rings. The lowest BCUT2D eigenvalue weighted by molar-refractivity contribution is -0.158. The quantitative estimate of drug-likeness (QED) is 0.844. The summed E-state index contributed by atoms with van der Waals surface area (Å²) in [5.74, 6) is 1.89. The van der Waals surface area contributed by atoms with Crippen LogP contribution in [0.3, 0.4) is 0 Å². The van der Waals surface area contributed by atoms with Gasteiger partial charge in [0.2, 0.25) is 5.91 Å². The molecule has 0 aliphatic heterocycles. The molecule has 2 atom stereocenters. The van der Waals surface area contributed by atoms with Crippen LogP contribution in [0.4, 0.5) is 0 Å². The predicted molar refractivity (Wildman–Crippen MR) is 109 cm³/mol. The number of nitrogens with one attached hydrogen (secondary N) is 1. The molecule has 0 radical (unpaired) electrons. The lowest BCUT2D eigenvalue weighted by atomic mass is 9.42. The van der Waals surface area contributed by atoms with Crippen LogP contribution in [0.1, 0.15) is 49.7 Å². The minimum Gasteiger partial charge on any atom is -0.344 e. The molecule has 2 unspecified atom stereocenters. The fraction of sp³-hybridized carbons (Fsp3) is 0.682. The largest absolute Gasteiger partial charge is 0.344 e. The molecular weight excluding hydrogens is 344 g/mol. The van der Waals surface area contributed by atoms with Crippen LogP contribution < -0.4 is 5.32 Å². The van der Waals surface area contributed by atoms with Gasteiger partial charge in [-0.3, -0.25) is 4.79 Å². The van der Waals surface area contributed by atoms with Crippen LogP contribution >= 0.6 is 12.4 Å². The zero-order valence-corrected chi connectivity index (χ0v) is 17.2. The maximum atomic E-state index is 13.4. The highest BCUT2D eigenvalue weighted by Crippen LogP contribution is 2.66. The highest BCUT2D eigenvalue weighted by molar-refractivity contribution is 5.85. The highest BCUT2D eigenvalue weighted by atomic mass is 35.5. The summed E-state index contributed by atoms with van der Waals surface area (Å²) in [7, 11) is 3.95. The predicted octanol–water partition coefficient (Wildman–Crippen LogP) is 3.93. The summed E-state index contributed by atoms with van der Waals surface area (Å²) in [4.78, 5) is 15.4. The number of carbonyl (C=O) groups excluding carboxylic acids is 1. The molecule has 144 valence electrons. The van der Waals surface area contributed by atoms with Crippen LogP contribution in [0.25, 0.3) is 0 Å². The number of hydrogen-bond donors (Lipinski definition) is 1. The standard InChI is InChI=1S/C22H32N2O.ClH/c1-16-4-6-19(7-5-16)21-11-17-10-18(12-21)14-22(13-17,15-21)20(25)24(3)9-8-23-2;/h4-7,17-18,23H,8-15H2,1-3H3;1H. The zero-order valence-electron chi connectivity index (χ0n) is 16.4. The number of nitrogens with zero attached hydrogens (tertiary/aromatic N) is 1. The molecule has 0 aromatic heterocycles. The summed E-state index contributed by atoms with van der Waals surface area (Å²) in [5.41, 5.74) is 2.96. The summed E-state index contributed by atoms with van der Waals surface area (Å²) < 4.78 is 0. The molecule has 4 heteroatoms. The van der Waals surface area contributed by atoms with Crippen LogP contribution in [0, 0.1) is 24.2 Å². The van der Waals surface area contributed by atoms with Gasteiger partial charge in [-0.15, -0.1) is 12.4 Å². The average Bonchev–Trinajstić information content (AvgIpc) is 2.58. The van der Waals surface area contributed by atoms with Crippen LogP contribution in [-0.2, 0) is 10.2 Å². The van der Waals surface area contributed by atoms with E-state index in [2.05, 4.69) is 36.5 Å². The molecule has 5 rings (SSSR count). The van der Waals surface area contributed by atoms with Crippen LogP contribution in [0.5, 0.6) is 0 Å². The van der Waals surface area contributed by atoms with Crippen LogP contribution in [-0.4, -0.2) is 38.0 Å². The second-order valence-corrected chi connectivity index (χ2v) is 9.22. The first kappa shape index (κ1) is 19.7. The molecule has 0 saturated heterocycles. The number of aryl methyl sites for hydroxylation is 1. The summed E-state index contributed by atoms with van der Waals surface area (Å²) in [5, 5.41) is 3.17. The maximum absolute atomic E-state index is 13.4. The van der Waals surface area contributed by atoms with E-state index in [0.717, 1.165) is 44.2 Å². The van der Waals surface area contributed by atoms with Gasteiger partial charge in [0.1, 0.15) is 0 Å². The van der Waals surface area contributed by atoms with Gasteiger partial charge in [0.25, 0.3) is 0 Å². The van der Waals surface area contributed by atoms with Gasteiger partial charge in [-0.2, -0.15) is 0 Å². The van der Waals surface area contributed by atoms with E-state index in [1.807, 2.05) is 19.0 Å². The molecule has 4 aliphatic carbocycles. The first-order valence-corrected chi connectivity index (χ1v) is 9.94. The van der Waals surface area contributed by atoms with E-state index in [1.165, 1.54) is 30.4 Å². The fourth-order valence-corrected chi connectivity index (χ4v) is 6.54. The van der Waals surface area contributed by atoms with Crippen molar-refractivity contribution < 1.29 is 4.79 Å². The fourth-order valence-electron chi connectivity index (χ4n) is 6.54. The molecule has 3 nitrogen and oxygen atoms in total. The smallest absolute Gasteiger partial charge is 0.228 e. The van der Waals surface area contributed by atoms with E-state index >= 15 is 0 Å². The zero-order chi connectivity index (χ0) is 17.7. The Kier molecular flexibility index (Phi) is 5.43. The lowest BCUT2D eigenvalue weighted by Gasteiger charge is -2.62. The topological polar surface area (TPSA) is 32.3 Å². The SMILES string of the molecule is CNCCN(C)C(=O)C12CC3CC(C1)CC(c1ccc(C)cc1)(C3)C2.Cl. The number of amides is 1. The van der Waals surface area contributed by atoms with Crippen molar-refractivity contribution in [3.8, 4) is 0 Å². The van der Waals surface area contributed by atoms with Gasteiger partial charge in [-0.05, 0) is 75.3 Å².